The molecular formula is C19H30IN5O. The maximum atomic E-state index is 4.99. The zero-order valence-corrected chi connectivity index (χ0v) is 18.4. The summed E-state index contributed by atoms with van der Waals surface area (Å²) >= 11 is 0. The van der Waals surface area contributed by atoms with E-state index >= 15 is 0 Å². The van der Waals surface area contributed by atoms with E-state index in [-0.39, 0.29) is 29.4 Å². The van der Waals surface area contributed by atoms with E-state index in [4.69, 9.17) is 4.52 Å². The summed E-state index contributed by atoms with van der Waals surface area (Å²) in [5.41, 5.74) is 1.44. The molecule has 0 saturated heterocycles. The fourth-order valence-electron chi connectivity index (χ4n) is 2.95. The SMILES string of the molecule is CCNC(=NCc1noc(C)n1)NCC(CC)(CC)c1ccccc1.I. The molecule has 0 spiro atoms. The van der Waals surface area contributed by atoms with E-state index in [2.05, 4.69) is 76.9 Å². The van der Waals surface area contributed by atoms with Crippen LogP contribution >= 0.6 is 24.0 Å². The third-order valence-electron chi connectivity index (χ3n) is 4.63. The molecule has 6 nitrogen and oxygen atoms in total. The Labute approximate surface area is 173 Å². The van der Waals surface area contributed by atoms with Gasteiger partial charge in [0.1, 0.15) is 6.54 Å². The molecule has 2 N–H and O–H groups in total. The van der Waals surface area contributed by atoms with Gasteiger partial charge in [0.15, 0.2) is 11.8 Å². The van der Waals surface area contributed by atoms with Gasteiger partial charge in [0.2, 0.25) is 5.89 Å². The number of nitrogens with one attached hydrogen (secondary N) is 2. The lowest BCUT2D eigenvalue weighted by Crippen LogP contribution is -2.45. The lowest BCUT2D eigenvalue weighted by Gasteiger charge is -2.33. The average Bonchev–Trinajstić information content (AvgIpc) is 3.07. The second-order valence-corrected chi connectivity index (χ2v) is 6.13. The van der Waals surface area contributed by atoms with Gasteiger partial charge in [-0.1, -0.05) is 49.3 Å². The van der Waals surface area contributed by atoms with Crippen molar-refractivity contribution in [2.45, 2.75) is 52.5 Å². The van der Waals surface area contributed by atoms with Crippen LogP contribution in [-0.4, -0.2) is 29.2 Å². The molecule has 0 aliphatic rings. The monoisotopic (exact) mass is 471 g/mol. The van der Waals surface area contributed by atoms with Gasteiger partial charge in [0.05, 0.1) is 0 Å². The summed E-state index contributed by atoms with van der Waals surface area (Å²) in [7, 11) is 0. The number of benzene rings is 1. The quantitative estimate of drug-likeness (QED) is 0.348. The highest BCUT2D eigenvalue weighted by molar-refractivity contribution is 14.0. The number of rotatable bonds is 8. The zero-order valence-electron chi connectivity index (χ0n) is 16.1. The molecule has 7 heteroatoms. The van der Waals surface area contributed by atoms with Crippen molar-refractivity contribution in [3.05, 3.63) is 47.6 Å². The van der Waals surface area contributed by atoms with Crippen molar-refractivity contribution in [2.75, 3.05) is 13.1 Å². The van der Waals surface area contributed by atoms with Crippen LogP contribution < -0.4 is 10.6 Å². The zero-order chi connectivity index (χ0) is 18.1. The first kappa shape index (κ1) is 22.4. The van der Waals surface area contributed by atoms with E-state index in [0.29, 0.717) is 18.3 Å². The highest BCUT2D eigenvalue weighted by atomic mass is 127. The van der Waals surface area contributed by atoms with Crippen molar-refractivity contribution in [1.82, 2.24) is 20.8 Å². The van der Waals surface area contributed by atoms with Crippen LogP contribution in [0.25, 0.3) is 0 Å². The smallest absolute Gasteiger partial charge is 0.223 e. The maximum Gasteiger partial charge on any atom is 0.223 e. The third kappa shape index (κ3) is 5.96. The predicted octanol–water partition coefficient (Wildman–Crippen LogP) is 3.81. The second-order valence-electron chi connectivity index (χ2n) is 6.13. The van der Waals surface area contributed by atoms with Crippen LogP contribution in [0.1, 0.15) is 50.9 Å². The molecule has 0 radical (unpaired) electrons. The molecule has 0 unspecified atom stereocenters. The lowest BCUT2D eigenvalue weighted by atomic mass is 9.76. The van der Waals surface area contributed by atoms with Crippen LogP contribution in [0.3, 0.4) is 0 Å². The molecule has 2 rings (SSSR count). The molecule has 0 atom stereocenters. The van der Waals surface area contributed by atoms with Crippen LogP contribution in [0, 0.1) is 6.92 Å². The summed E-state index contributed by atoms with van der Waals surface area (Å²) in [6, 6.07) is 10.7. The molecular weight excluding hydrogens is 441 g/mol. The summed E-state index contributed by atoms with van der Waals surface area (Å²) in [5.74, 6) is 1.92. The maximum absolute atomic E-state index is 4.99. The summed E-state index contributed by atoms with van der Waals surface area (Å²) in [4.78, 5) is 8.76. The van der Waals surface area contributed by atoms with Gasteiger partial charge in [0.25, 0.3) is 0 Å². The molecule has 144 valence electrons. The van der Waals surface area contributed by atoms with Crippen molar-refractivity contribution in [3.8, 4) is 0 Å². The Bertz CT molecular complexity index is 668. The Hall–Kier alpha value is -1.64. The van der Waals surface area contributed by atoms with Crippen molar-refractivity contribution in [1.29, 1.82) is 0 Å². The largest absolute Gasteiger partial charge is 0.357 e. The van der Waals surface area contributed by atoms with Gasteiger partial charge in [-0.25, -0.2) is 4.99 Å². The Morgan fingerprint density at radius 1 is 1.12 bits per heavy atom. The molecule has 0 bridgehead atoms. The number of halogens is 1. The van der Waals surface area contributed by atoms with E-state index in [0.717, 1.165) is 31.9 Å². The summed E-state index contributed by atoms with van der Waals surface area (Å²) in [6.45, 7) is 10.3. The highest BCUT2D eigenvalue weighted by Gasteiger charge is 2.28. The van der Waals surface area contributed by atoms with Gasteiger partial charge in [-0.05, 0) is 25.3 Å². The van der Waals surface area contributed by atoms with Crippen LogP contribution in [0.2, 0.25) is 0 Å². The number of nitrogens with zero attached hydrogens (tertiary/aromatic N) is 3. The first-order chi connectivity index (χ1) is 12.1. The van der Waals surface area contributed by atoms with Crippen LogP contribution in [0.4, 0.5) is 0 Å². The Morgan fingerprint density at radius 3 is 2.35 bits per heavy atom. The number of guanidine groups is 1. The average molecular weight is 471 g/mol. The number of hydrogen-bond acceptors (Lipinski definition) is 4. The molecule has 0 aliphatic heterocycles. The Kier molecular flexibility index (Phi) is 9.61. The van der Waals surface area contributed by atoms with Gasteiger partial charge < -0.3 is 15.2 Å². The topological polar surface area (TPSA) is 75.3 Å². The van der Waals surface area contributed by atoms with E-state index < -0.39 is 0 Å². The van der Waals surface area contributed by atoms with Crippen molar-refractivity contribution < 1.29 is 4.52 Å². The Morgan fingerprint density at radius 2 is 1.81 bits per heavy atom. The molecule has 0 aliphatic carbocycles. The second kappa shape index (κ2) is 11.2. The van der Waals surface area contributed by atoms with Gasteiger partial charge in [-0.3, -0.25) is 0 Å². The minimum atomic E-state index is 0. The third-order valence-corrected chi connectivity index (χ3v) is 4.63. The molecule has 0 fully saturated rings. The van der Waals surface area contributed by atoms with Crippen molar-refractivity contribution >= 4 is 29.9 Å². The molecule has 1 heterocycles. The standard InChI is InChI=1S/C19H29N5O.HI/c1-5-19(6-2,16-11-9-8-10-12-16)14-22-18(20-7-3)21-13-17-23-15(4)25-24-17;/h8-12H,5-7,13-14H2,1-4H3,(H2,20,21,22);1H. The van der Waals surface area contributed by atoms with Gasteiger partial charge >= 0.3 is 0 Å². The Balaban J connectivity index is 0.00000338. The number of aromatic nitrogens is 2. The van der Waals surface area contributed by atoms with Gasteiger partial charge in [0, 0.05) is 25.4 Å². The van der Waals surface area contributed by atoms with Crippen LogP contribution in [0.5, 0.6) is 0 Å². The first-order valence-electron chi connectivity index (χ1n) is 9.00. The van der Waals surface area contributed by atoms with Crippen molar-refractivity contribution in [3.63, 3.8) is 0 Å². The highest BCUT2D eigenvalue weighted by Crippen LogP contribution is 2.30. The lowest BCUT2D eigenvalue weighted by molar-refractivity contribution is 0.386. The van der Waals surface area contributed by atoms with E-state index in [1.807, 2.05) is 0 Å². The number of hydrogen-bond donors (Lipinski definition) is 2. The molecule has 0 amide bonds. The molecule has 0 saturated carbocycles. The molecule has 2 aromatic rings. The van der Waals surface area contributed by atoms with Crippen LogP contribution in [-0.2, 0) is 12.0 Å². The molecule has 1 aromatic heterocycles. The summed E-state index contributed by atoms with van der Waals surface area (Å²) < 4.78 is 4.99. The van der Waals surface area contributed by atoms with E-state index in [1.165, 1.54) is 5.56 Å². The van der Waals surface area contributed by atoms with Crippen LogP contribution in [0.15, 0.2) is 39.8 Å². The van der Waals surface area contributed by atoms with Gasteiger partial charge in [-0.2, -0.15) is 4.98 Å². The fraction of sp³-hybridized carbons (Fsp3) is 0.526. The first-order valence-corrected chi connectivity index (χ1v) is 9.00. The molecule has 26 heavy (non-hydrogen) atoms. The van der Waals surface area contributed by atoms with Gasteiger partial charge in [-0.15, -0.1) is 24.0 Å². The normalized spacial score (nSPS) is 11.8. The summed E-state index contributed by atoms with van der Waals surface area (Å²) in [6.07, 6.45) is 2.12. The fourth-order valence-corrected chi connectivity index (χ4v) is 2.95. The van der Waals surface area contributed by atoms with E-state index in [9.17, 15) is 0 Å². The molecule has 1 aromatic carbocycles. The van der Waals surface area contributed by atoms with Crippen molar-refractivity contribution in [2.24, 2.45) is 4.99 Å². The number of aliphatic imine (C=N–C) groups is 1. The number of aryl methyl sites for hydroxylation is 1. The minimum Gasteiger partial charge on any atom is -0.357 e. The van der Waals surface area contributed by atoms with E-state index in [1.54, 1.807) is 6.92 Å². The predicted molar refractivity (Wildman–Crippen MR) is 116 cm³/mol. The summed E-state index contributed by atoms with van der Waals surface area (Å²) in [5, 5.41) is 10.7. The minimum absolute atomic E-state index is 0.